The Bertz CT molecular complexity index is 737. The molecule has 124 valence electrons. The summed E-state index contributed by atoms with van der Waals surface area (Å²) >= 11 is 0. The zero-order valence-electron chi connectivity index (χ0n) is 13.5. The predicted molar refractivity (Wildman–Crippen MR) is 90.3 cm³/mol. The second-order valence-corrected chi connectivity index (χ2v) is 6.53. The molecule has 5 heteroatoms. The van der Waals surface area contributed by atoms with Crippen molar-refractivity contribution < 1.29 is 9.18 Å². The van der Waals surface area contributed by atoms with Gasteiger partial charge in [0.15, 0.2) is 0 Å². The van der Waals surface area contributed by atoms with Crippen molar-refractivity contribution in [3.63, 3.8) is 0 Å². The number of rotatable bonds is 3. The van der Waals surface area contributed by atoms with Gasteiger partial charge in [-0.25, -0.2) is 9.37 Å². The lowest BCUT2D eigenvalue weighted by Gasteiger charge is -2.37. The molecule has 0 radical (unpaired) electrons. The average molecular weight is 325 g/mol. The molecular weight excluding hydrogens is 305 g/mol. The number of piperazine rings is 1. The van der Waals surface area contributed by atoms with Crippen molar-refractivity contribution in [2.24, 2.45) is 0 Å². The van der Waals surface area contributed by atoms with E-state index in [-0.39, 0.29) is 11.7 Å². The Labute approximate surface area is 140 Å². The third-order valence-electron chi connectivity index (χ3n) is 5.09. The molecule has 1 aromatic heterocycles. The van der Waals surface area contributed by atoms with Crippen LogP contribution in [0.4, 0.5) is 10.2 Å². The first kappa shape index (κ1) is 15.1. The van der Waals surface area contributed by atoms with Gasteiger partial charge in [0.2, 0.25) is 5.91 Å². The largest absolute Gasteiger partial charge is 0.353 e. The van der Waals surface area contributed by atoms with Crippen LogP contribution in [0.1, 0.15) is 18.4 Å². The number of halogens is 1. The van der Waals surface area contributed by atoms with Crippen LogP contribution in [0.25, 0.3) is 0 Å². The SMILES string of the molecule is O=C(N1CCN(c2ccccn2)CC1)C1(c2ccccc2F)CC1. The van der Waals surface area contributed by atoms with Crippen molar-refractivity contribution in [3.8, 4) is 0 Å². The molecule has 4 nitrogen and oxygen atoms in total. The van der Waals surface area contributed by atoms with Crippen LogP contribution in [0, 0.1) is 5.82 Å². The van der Waals surface area contributed by atoms with Gasteiger partial charge in [0.05, 0.1) is 5.41 Å². The average Bonchev–Trinajstić information content (AvgIpc) is 3.44. The highest BCUT2D eigenvalue weighted by Crippen LogP contribution is 2.50. The topological polar surface area (TPSA) is 36.4 Å². The van der Waals surface area contributed by atoms with E-state index >= 15 is 0 Å². The molecular formula is C19H20FN3O. The molecule has 2 heterocycles. The number of aromatic nitrogens is 1. The zero-order valence-corrected chi connectivity index (χ0v) is 13.5. The molecule has 1 aliphatic carbocycles. The Morgan fingerprint density at radius 1 is 1.00 bits per heavy atom. The fourth-order valence-corrected chi connectivity index (χ4v) is 3.55. The summed E-state index contributed by atoms with van der Waals surface area (Å²) in [6.45, 7) is 2.84. The third-order valence-corrected chi connectivity index (χ3v) is 5.09. The minimum Gasteiger partial charge on any atom is -0.353 e. The highest BCUT2D eigenvalue weighted by molar-refractivity contribution is 5.91. The molecule has 24 heavy (non-hydrogen) atoms. The Kier molecular flexibility index (Phi) is 3.71. The van der Waals surface area contributed by atoms with Crippen LogP contribution in [-0.4, -0.2) is 42.0 Å². The van der Waals surface area contributed by atoms with Crippen molar-refractivity contribution in [2.75, 3.05) is 31.1 Å². The molecule has 4 rings (SSSR count). The van der Waals surface area contributed by atoms with E-state index in [4.69, 9.17) is 0 Å². The van der Waals surface area contributed by atoms with E-state index in [1.165, 1.54) is 6.07 Å². The summed E-state index contributed by atoms with van der Waals surface area (Å²) in [5, 5.41) is 0. The molecule has 2 fully saturated rings. The number of pyridine rings is 1. The molecule has 2 aliphatic rings. The monoisotopic (exact) mass is 325 g/mol. The van der Waals surface area contributed by atoms with Crippen molar-refractivity contribution >= 4 is 11.7 Å². The van der Waals surface area contributed by atoms with E-state index < -0.39 is 5.41 Å². The fourth-order valence-electron chi connectivity index (χ4n) is 3.55. The first-order valence-corrected chi connectivity index (χ1v) is 8.41. The summed E-state index contributed by atoms with van der Waals surface area (Å²) in [5.41, 5.74) is -0.0689. The van der Waals surface area contributed by atoms with Crippen LogP contribution >= 0.6 is 0 Å². The van der Waals surface area contributed by atoms with E-state index in [0.29, 0.717) is 18.7 Å². The normalized spacial score (nSPS) is 19.2. The minimum absolute atomic E-state index is 0.0771. The number of carbonyl (C=O) groups is 1. The third kappa shape index (κ3) is 2.54. The first-order valence-electron chi connectivity index (χ1n) is 8.41. The molecule has 0 bridgehead atoms. The summed E-state index contributed by atoms with van der Waals surface area (Å²) in [6, 6.07) is 12.5. The predicted octanol–water partition coefficient (Wildman–Crippen LogP) is 2.60. The highest BCUT2D eigenvalue weighted by Gasteiger charge is 2.54. The number of benzene rings is 1. The molecule has 0 spiro atoms. The minimum atomic E-state index is -0.626. The summed E-state index contributed by atoms with van der Waals surface area (Å²) < 4.78 is 14.1. The van der Waals surface area contributed by atoms with Crippen LogP contribution in [0.5, 0.6) is 0 Å². The smallest absolute Gasteiger partial charge is 0.233 e. The van der Waals surface area contributed by atoms with Crippen LogP contribution in [0.2, 0.25) is 0 Å². The van der Waals surface area contributed by atoms with Gasteiger partial charge >= 0.3 is 0 Å². The maximum atomic E-state index is 14.1. The summed E-state index contributed by atoms with van der Waals surface area (Å²) in [5.74, 6) is 0.753. The summed E-state index contributed by atoms with van der Waals surface area (Å²) in [6.07, 6.45) is 3.27. The Morgan fingerprint density at radius 3 is 2.33 bits per heavy atom. The number of nitrogens with zero attached hydrogens (tertiary/aromatic N) is 3. The molecule has 1 aromatic carbocycles. The Morgan fingerprint density at radius 2 is 1.71 bits per heavy atom. The lowest BCUT2D eigenvalue weighted by molar-refractivity contribution is -0.134. The van der Waals surface area contributed by atoms with Gasteiger partial charge in [-0.15, -0.1) is 0 Å². The van der Waals surface area contributed by atoms with Gasteiger partial charge in [-0.1, -0.05) is 24.3 Å². The van der Waals surface area contributed by atoms with Crippen LogP contribution in [0.3, 0.4) is 0 Å². The van der Waals surface area contributed by atoms with E-state index in [1.807, 2.05) is 29.2 Å². The van der Waals surface area contributed by atoms with E-state index in [0.717, 1.165) is 31.7 Å². The summed E-state index contributed by atoms with van der Waals surface area (Å²) in [4.78, 5) is 21.4. The molecule has 1 saturated carbocycles. The number of amides is 1. The highest BCUT2D eigenvalue weighted by atomic mass is 19.1. The number of carbonyl (C=O) groups excluding carboxylic acids is 1. The van der Waals surface area contributed by atoms with Gasteiger partial charge in [0, 0.05) is 37.9 Å². The second kappa shape index (κ2) is 5.89. The number of anilines is 1. The molecule has 0 N–H and O–H groups in total. The van der Waals surface area contributed by atoms with Gasteiger partial charge in [-0.3, -0.25) is 4.79 Å². The van der Waals surface area contributed by atoms with Crippen LogP contribution in [-0.2, 0) is 10.2 Å². The van der Waals surface area contributed by atoms with Crippen molar-refractivity contribution in [1.29, 1.82) is 0 Å². The molecule has 1 aliphatic heterocycles. The van der Waals surface area contributed by atoms with Crippen LogP contribution in [0.15, 0.2) is 48.7 Å². The van der Waals surface area contributed by atoms with Crippen molar-refractivity contribution in [3.05, 3.63) is 60.0 Å². The molecule has 2 aromatic rings. The van der Waals surface area contributed by atoms with Gasteiger partial charge in [-0.05, 0) is 31.0 Å². The Hall–Kier alpha value is -2.43. The maximum Gasteiger partial charge on any atom is 0.233 e. The molecule has 0 unspecified atom stereocenters. The van der Waals surface area contributed by atoms with E-state index in [2.05, 4.69) is 9.88 Å². The lowest BCUT2D eigenvalue weighted by atomic mass is 9.93. The van der Waals surface area contributed by atoms with Crippen molar-refractivity contribution in [1.82, 2.24) is 9.88 Å². The second-order valence-electron chi connectivity index (χ2n) is 6.53. The van der Waals surface area contributed by atoms with E-state index in [1.54, 1.807) is 18.3 Å². The molecule has 1 amide bonds. The zero-order chi connectivity index (χ0) is 16.6. The number of hydrogen-bond donors (Lipinski definition) is 0. The summed E-state index contributed by atoms with van der Waals surface area (Å²) in [7, 11) is 0. The maximum absolute atomic E-state index is 14.1. The van der Waals surface area contributed by atoms with E-state index in [9.17, 15) is 9.18 Å². The van der Waals surface area contributed by atoms with Gasteiger partial charge in [0.1, 0.15) is 11.6 Å². The standard InChI is InChI=1S/C19H20FN3O/c20-16-6-2-1-5-15(16)19(8-9-19)18(24)23-13-11-22(12-14-23)17-7-3-4-10-21-17/h1-7,10H,8-9,11-14H2. The van der Waals surface area contributed by atoms with Gasteiger partial charge in [-0.2, -0.15) is 0 Å². The fraction of sp³-hybridized carbons (Fsp3) is 0.368. The molecule has 0 atom stereocenters. The first-order chi connectivity index (χ1) is 11.7. The van der Waals surface area contributed by atoms with Crippen LogP contribution < -0.4 is 4.90 Å². The van der Waals surface area contributed by atoms with Gasteiger partial charge in [0.25, 0.3) is 0 Å². The Balaban J connectivity index is 1.46. The quantitative estimate of drug-likeness (QED) is 0.870. The lowest BCUT2D eigenvalue weighted by Crippen LogP contribution is -2.51. The van der Waals surface area contributed by atoms with Crippen molar-refractivity contribution in [2.45, 2.75) is 18.3 Å². The molecule has 1 saturated heterocycles. The number of hydrogen-bond acceptors (Lipinski definition) is 3. The van der Waals surface area contributed by atoms with Gasteiger partial charge < -0.3 is 9.80 Å².